The number of aryl methyl sites for hydroxylation is 1. The van der Waals surface area contributed by atoms with Gasteiger partial charge in [0.15, 0.2) is 0 Å². The second kappa shape index (κ2) is 13.8. The molecule has 2 aromatic heterocycles. The number of aromatic nitrogens is 2. The third kappa shape index (κ3) is 7.59. The third-order valence-electron chi connectivity index (χ3n) is 6.23. The highest BCUT2D eigenvalue weighted by Crippen LogP contribution is 2.24. The molecule has 0 radical (unpaired) electrons. The maximum Gasteiger partial charge on any atom is 0.256 e. The molecular weight excluding hydrogens is 476 g/mol. The van der Waals surface area contributed by atoms with E-state index >= 15 is 0 Å². The van der Waals surface area contributed by atoms with E-state index in [0.29, 0.717) is 12.4 Å². The van der Waals surface area contributed by atoms with E-state index in [4.69, 9.17) is 14.2 Å². The van der Waals surface area contributed by atoms with Crippen molar-refractivity contribution in [1.29, 1.82) is 0 Å². The van der Waals surface area contributed by atoms with Crippen LogP contribution in [-0.4, -0.2) is 30.4 Å². The molecule has 0 saturated carbocycles. The van der Waals surface area contributed by atoms with Crippen molar-refractivity contribution in [2.75, 3.05) is 20.8 Å². The summed E-state index contributed by atoms with van der Waals surface area (Å²) in [7, 11) is 3.30. The maximum absolute atomic E-state index is 12.4. The molecule has 0 fully saturated rings. The van der Waals surface area contributed by atoms with Crippen molar-refractivity contribution in [2.24, 2.45) is 0 Å². The Morgan fingerprint density at radius 3 is 2.18 bits per heavy atom. The summed E-state index contributed by atoms with van der Waals surface area (Å²) in [5.74, 6) is 3.06. The molecule has 0 bridgehead atoms. The predicted octanol–water partition coefficient (Wildman–Crippen LogP) is 6.60. The molecule has 0 aliphatic heterocycles. The van der Waals surface area contributed by atoms with E-state index in [9.17, 15) is 4.79 Å². The van der Waals surface area contributed by atoms with Gasteiger partial charge in [-0.2, -0.15) is 0 Å². The third-order valence-corrected chi connectivity index (χ3v) is 6.23. The van der Waals surface area contributed by atoms with Crippen LogP contribution in [0.3, 0.4) is 0 Å². The molecule has 2 heterocycles. The molecule has 0 aliphatic carbocycles. The fraction of sp³-hybridized carbons (Fsp3) is 0.250. The molecule has 0 aliphatic rings. The van der Waals surface area contributed by atoms with Gasteiger partial charge in [-0.1, -0.05) is 49.3 Å². The molecular formula is C32H34N2O4. The number of methoxy groups -OCH3 is 2. The number of benzene rings is 2. The Morgan fingerprint density at radius 1 is 0.737 bits per heavy atom. The van der Waals surface area contributed by atoms with Crippen LogP contribution in [0, 0.1) is 0 Å². The summed E-state index contributed by atoms with van der Waals surface area (Å²) in [6.07, 6.45) is 10.8. The Morgan fingerprint density at radius 2 is 1.47 bits per heavy atom. The zero-order chi connectivity index (χ0) is 26.6. The average Bonchev–Trinajstić information content (AvgIpc) is 2.96. The number of rotatable bonds is 13. The first-order valence-corrected chi connectivity index (χ1v) is 12.9. The summed E-state index contributed by atoms with van der Waals surface area (Å²) in [4.78, 5) is 16.8. The number of nitrogens with zero attached hydrogens (tertiary/aromatic N) is 2. The average molecular weight is 511 g/mol. The fourth-order valence-electron chi connectivity index (χ4n) is 4.22. The topological polar surface area (TPSA) is 62.6 Å². The molecule has 0 N–H and O–H groups in total. The van der Waals surface area contributed by atoms with Gasteiger partial charge < -0.3 is 14.2 Å². The van der Waals surface area contributed by atoms with Crippen molar-refractivity contribution in [2.45, 2.75) is 32.1 Å². The van der Waals surface area contributed by atoms with Crippen molar-refractivity contribution in [3.8, 4) is 23.1 Å². The second-order valence-electron chi connectivity index (χ2n) is 8.94. The van der Waals surface area contributed by atoms with E-state index in [2.05, 4.69) is 11.1 Å². The lowest BCUT2D eigenvalue weighted by molar-refractivity contribution is 0.304. The molecule has 0 atom stereocenters. The molecule has 2 aromatic carbocycles. The van der Waals surface area contributed by atoms with E-state index in [0.717, 1.165) is 66.2 Å². The monoisotopic (exact) mass is 510 g/mol. The Bertz CT molecular complexity index is 1360. The van der Waals surface area contributed by atoms with Crippen molar-refractivity contribution in [3.05, 3.63) is 112 Å². The van der Waals surface area contributed by atoms with E-state index in [1.807, 2.05) is 78.9 Å². The quantitative estimate of drug-likeness (QED) is 0.150. The van der Waals surface area contributed by atoms with E-state index in [1.54, 1.807) is 31.0 Å². The molecule has 0 spiro atoms. The van der Waals surface area contributed by atoms with Crippen LogP contribution in [-0.2, 0) is 6.42 Å². The van der Waals surface area contributed by atoms with Crippen LogP contribution in [0.25, 0.3) is 18.0 Å². The Hall–Kier alpha value is -4.32. The number of hydrogen-bond donors (Lipinski definition) is 0. The van der Waals surface area contributed by atoms with Gasteiger partial charge in [-0.05, 0) is 72.9 Å². The number of unbranched alkanes of at least 4 members (excludes halogenated alkanes) is 3. The first-order valence-electron chi connectivity index (χ1n) is 12.9. The first kappa shape index (κ1) is 26.7. The standard InChI is InChI=1S/C32H34N2O4/c1-36-29-22-26(23-30(24-29)37-2)15-14-25-16-18-28(19-17-25)38-21-8-4-3-5-10-27-11-9-13-32(35)34(27)31-12-6-7-20-33-31/h6-7,9,11-20,22-24H,3-5,8,10,21H2,1-2H3/b15-14+. The lowest BCUT2D eigenvalue weighted by Crippen LogP contribution is -2.21. The summed E-state index contributed by atoms with van der Waals surface area (Å²) in [5, 5.41) is 0. The van der Waals surface area contributed by atoms with Gasteiger partial charge in [0.1, 0.15) is 23.1 Å². The summed E-state index contributed by atoms with van der Waals surface area (Å²) in [6.45, 7) is 0.683. The van der Waals surface area contributed by atoms with Gasteiger partial charge in [-0.3, -0.25) is 9.36 Å². The fourth-order valence-corrected chi connectivity index (χ4v) is 4.22. The Kier molecular flexibility index (Phi) is 9.74. The SMILES string of the molecule is COc1cc(/C=C/c2ccc(OCCCCCCc3cccc(=O)n3-c3ccccn3)cc2)cc(OC)c1. The molecule has 4 rings (SSSR count). The molecule has 6 nitrogen and oxygen atoms in total. The highest BCUT2D eigenvalue weighted by atomic mass is 16.5. The molecule has 0 unspecified atom stereocenters. The van der Waals surface area contributed by atoms with Gasteiger partial charge in [0, 0.05) is 24.0 Å². The minimum Gasteiger partial charge on any atom is -0.497 e. The maximum atomic E-state index is 12.4. The molecule has 6 heteroatoms. The summed E-state index contributed by atoms with van der Waals surface area (Å²) in [5.41, 5.74) is 3.04. The van der Waals surface area contributed by atoms with Gasteiger partial charge in [-0.25, -0.2) is 4.98 Å². The lowest BCUT2D eigenvalue weighted by atomic mass is 10.1. The minimum atomic E-state index is -0.0448. The first-order chi connectivity index (χ1) is 18.7. The highest BCUT2D eigenvalue weighted by molar-refractivity contribution is 5.71. The van der Waals surface area contributed by atoms with Crippen LogP contribution in [0.15, 0.2) is 89.9 Å². The van der Waals surface area contributed by atoms with Crippen molar-refractivity contribution >= 4 is 12.2 Å². The van der Waals surface area contributed by atoms with Gasteiger partial charge in [0.05, 0.1) is 20.8 Å². The molecule has 38 heavy (non-hydrogen) atoms. The van der Waals surface area contributed by atoms with Crippen LogP contribution in [0.4, 0.5) is 0 Å². The minimum absolute atomic E-state index is 0.0448. The van der Waals surface area contributed by atoms with Crippen molar-refractivity contribution in [1.82, 2.24) is 9.55 Å². The number of hydrogen-bond acceptors (Lipinski definition) is 5. The zero-order valence-corrected chi connectivity index (χ0v) is 22.0. The predicted molar refractivity (Wildman–Crippen MR) is 152 cm³/mol. The molecule has 0 amide bonds. The molecule has 4 aromatic rings. The van der Waals surface area contributed by atoms with Gasteiger partial charge in [-0.15, -0.1) is 0 Å². The van der Waals surface area contributed by atoms with Crippen LogP contribution < -0.4 is 19.8 Å². The smallest absolute Gasteiger partial charge is 0.256 e. The molecule has 0 saturated heterocycles. The van der Waals surface area contributed by atoms with E-state index in [1.165, 1.54) is 0 Å². The molecule has 196 valence electrons. The summed E-state index contributed by atoms with van der Waals surface area (Å²) < 4.78 is 18.3. The van der Waals surface area contributed by atoms with E-state index in [-0.39, 0.29) is 5.56 Å². The normalized spacial score (nSPS) is 11.0. The summed E-state index contributed by atoms with van der Waals surface area (Å²) in [6, 6.07) is 24.9. The van der Waals surface area contributed by atoms with Gasteiger partial charge in [0.25, 0.3) is 5.56 Å². The van der Waals surface area contributed by atoms with Gasteiger partial charge in [0.2, 0.25) is 0 Å². The number of pyridine rings is 2. The van der Waals surface area contributed by atoms with E-state index < -0.39 is 0 Å². The Labute approximate surface area is 224 Å². The number of ether oxygens (including phenoxy) is 3. The largest absolute Gasteiger partial charge is 0.497 e. The Balaban J connectivity index is 1.19. The highest BCUT2D eigenvalue weighted by Gasteiger charge is 2.07. The van der Waals surface area contributed by atoms with Crippen LogP contribution in [0.1, 0.15) is 42.5 Å². The zero-order valence-electron chi connectivity index (χ0n) is 22.0. The van der Waals surface area contributed by atoms with Gasteiger partial charge >= 0.3 is 0 Å². The van der Waals surface area contributed by atoms with Crippen LogP contribution >= 0.6 is 0 Å². The lowest BCUT2D eigenvalue weighted by Gasteiger charge is -2.11. The van der Waals surface area contributed by atoms with Crippen molar-refractivity contribution in [3.63, 3.8) is 0 Å². The summed E-state index contributed by atoms with van der Waals surface area (Å²) >= 11 is 0. The van der Waals surface area contributed by atoms with Crippen LogP contribution in [0.5, 0.6) is 17.2 Å². The van der Waals surface area contributed by atoms with Crippen LogP contribution in [0.2, 0.25) is 0 Å². The second-order valence-corrected chi connectivity index (χ2v) is 8.94. The van der Waals surface area contributed by atoms with Crippen molar-refractivity contribution < 1.29 is 14.2 Å².